The number of phenols is 1. The zero-order chi connectivity index (χ0) is 15.4. The molecule has 0 aromatic heterocycles. The molecule has 132 valence electrons. The normalized spacial score (nSPS) is 14.0. The van der Waals surface area contributed by atoms with Crippen LogP contribution in [0.2, 0.25) is 0 Å². The van der Waals surface area contributed by atoms with Crippen molar-refractivity contribution in [3.05, 3.63) is 71.1 Å². The van der Waals surface area contributed by atoms with Crippen molar-refractivity contribution in [1.29, 1.82) is 0 Å². The van der Waals surface area contributed by atoms with Gasteiger partial charge in [-0.2, -0.15) is 18.1 Å². The first-order valence-electron chi connectivity index (χ1n) is 7.32. The number of hydrogen-bond acceptors (Lipinski definition) is 2. The summed E-state index contributed by atoms with van der Waals surface area (Å²) in [6, 6.07) is 14.7. The molecule has 0 heterocycles. The van der Waals surface area contributed by atoms with E-state index in [9.17, 15) is 0 Å². The van der Waals surface area contributed by atoms with Gasteiger partial charge >= 0.3 is 0 Å². The van der Waals surface area contributed by atoms with E-state index < -0.39 is 0 Å². The van der Waals surface area contributed by atoms with Crippen molar-refractivity contribution in [2.75, 3.05) is 14.1 Å². The van der Waals surface area contributed by atoms with Gasteiger partial charge in [0.15, 0.2) is 0 Å². The third kappa shape index (κ3) is 7.50. The SMILES string of the molecule is CN(C)C1[CH-]c2ccccc2C1.Cc1cc(C)cc(O)c1.Cl.Cl.[Ti]. The molecular weight excluding hydrogens is 377 g/mol. The molecule has 2 aromatic carbocycles. The molecule has 0 radical (unpaired) electrons. The maximum absolute atomic E-state index is 8.99. The van der Waals surface area contributed by atoms with Gasteiger partial charge in [-0.3, -0.25) is 0 Å². The molecule has 24 heavy (non-hydrogen) atoms. The molecule has 0 saturated carbocycles. The van der Waals surface area contributed by atoms with E-state index in [1.54, 1.807) is 12.1 Å². The van der Waals surface area contributed by atoms with Gasteiger partial charge in [-0.25, -0.2) is 0 Å². The molecule has 1 aliphatic rings. The van der Waals surface area contributed by atoms with Gasteiger partial charge in [0.05, 0.1) is 0 Å². The average molecular weight is 403 g/mol. The van der Waals surface area contributed by atoms with Gasteiger partial charge in [0, 0.05) is 21.7 Å². The standard InChI is InChI=1S/C11H14N.C8H10O.2ClH.Ti/c1-12(2)11-7-9-5-3-4-6-10(9)8-11;1-6-3-7(2)5-8(9)4-6;;;/h3-7,11H,8H2,1-2H3;3-5,9H,1-2H3;2*1H;/q-1;;;;. The quantitative estimate of drug-likeness (QED) is 0.557. The predicted octanol–water partition coefficient (Wildman–Crippen LogP) is 4.58. The molecular formula is C19H26Cl2NOTi-. The number of halogens is 2. The van der Waals surface area contributed by atoms with Crippen LogP contribution < -0.4 is 0 Å². The van der Waals surface area contributed by atoms with Gasteiger partial charge < -0.3 is 10.0 Å². The number of hydrogen-bond donors (Lipinski definition) is 1. The number of phenolic OH excluding ortho intramolecular Hbond substituents is 1. The van der Waals surface area contributed by atoms with Crippen LogP contribution in [0.25, 0.3) is 0 Å². The van der Waals surface area contributed by atoms with Gasteiger partial charge in [0.25, 0.3) is 0 Å². The summed E-state index contributed by atoms with van der Waals surface area (Å²) in [6.07, 6.45) is 3.51. The van der Waals surface area contributed by atoms with Crippen LogP contribution >= 0.6 is 24.8 Å². The molecule has 2 aromatic rings. The summed E-state index contributed by atoms with van der Waals surface area (Å²) >= 11 is 0. The third-order valence-electron chi connectivity index (χ3n) is 3.73. The first kappa shape index (κ1) is 25.6. The molecule has 2 nitrogen and oxygen atoms in total. The predicted molar refractivity (Wildman–Crippen MR) is 103 cm³/mol. The van der Waals surface area contributed by atoms with Crippen LogP contribution in [-0.4, -0.2) is 30.1 Å². The Bertz CT molecular complexity index is 545. The second-order valence-corrected chi connectivity index (χ2v) is 5.95. The summed E-state index contributed by atoms with van der Waals surface area (Å²) in [5.74, 6) is 0.354. The maximum Gasteiger partial charge on any atom is 0.116 e. The van der Waals surface area contributed by atoms with E-state index in [0.717, 1.165) is 11.1 Å². The molecule has 1 atom stereocenters. The zero-order valence-electron chi connectivity index (χ0n) is 14.6. The Hall–Kier alpha value is -0.636. The zero-order valence-corrected chi connectivity index (χ0v) is 17.8. The molecule has 0 aliphatic heterocycles. The fourth-order valence-corrected chi connectivity index (χ4v) is 2.66. The van der Waals surface area contributed by atoms with E-state index in [1.807, 2.05) is 19.9 Å². The van der Waals surface area contributed by atoms with Crippen LogP contribution in [0.15, 0.2) is 42.5 Å². The molecule has 0 spiro atoms. The van der Waals surface area contributed by atoms with E-state index >= 15 is 0 Å². The number of fused-ring (bicyclic) bond motifs is 1. The molecule has 0 saturated heterocycles. The Labute approximate surface area is 173 Å². The minimum absolute atomic E-state index is 0. The topological polar surface area (TPSA) is 23.5 Å². The van der Waals surface area contributed by atoms with Crippen molar-refractivity contribution in [3.8, 4) is 5.75 Å². The van der Waals surface area contributed by atoms with Crippen molar-refractivity contribution in [3.63, 3.8) is 0 Å². The van der Waals surface area contributed by atoms with Gasteiger partial charge in [-0.15, -0.1) is 42.5 Å². The summed E-state index contributed by atoms with van der Waals surface area (Å²) in [5, 5.41) is 8.99. The first-order chi connectivity index (χ1) is 9.95. The van der Waals surface area contributed by atoms with Gasteiger partial charge in [-0.05, 0) is 57.2 Å². The summed E-state index contributed by atoms with van der Waals surface area (Å²) in [7, 11) is 4.26. The Kier molecular flexibility index (Phi) is 12.6. The number of benzene rings is 2. The van der Waals surface area contributed by atoms with E-state index in [0.29, 0.717) is 11.8 Å². The first-order valence-corrected chi connectivity index (χ1v) is 7.32. The van der Waals surface area contributed by atoms with E-state index in [4.69, 9.17) is 5.11 Å². The largest absolute Gasteiger partial charge is 0.508 e. The minimum Gasteiger partial charge on any atom is -0.508 e. The molecule has 0 bridgehead atoms. The van der Waals surface area contributed by atoms with Crippen molar-refractivity contribution in [2.45, 2.75) is 26.3 Å². The molecule has 5 heteroatoms. The molecule has 1 unspecified atom stereocenters. The Morgan fingerprint density at radius 3 is 2.00 bits per heavy atom. The van der Waals surface area contributed by atoms with Gasteiger partial charge in [0.2, 0.25) is 0 Å². The van der Waals surface area contributed by atoms with Crippen molar-refractivity contribution >= 4 is 24.8 Å². The fraction of sp³-hybridized carbons (Fsp3) is 0.316. The number of rotatable bonds is 1. The molecule has 1 N–H and O–H groups in total. The van der Waals surface area contributed by atoms with E-state index in [1.165, 1.54) is 17.5 Å². The summed E-state index contributed by atoms with van der Waals surface area (Å²) in [4.78, 5) is 2.26. The van der Waals surface area contributed by atoms with Crippen LogP contribution in [0.1, 0.15) is 22.3 Å². The third-order valence-corrected chi connectivity index (χ3v) is 3.73. The molecule has 3 rings (SSSR count). The Balaban J connectivity index is 0. The van der Waals surface area contributed by atoms with E-state index in [2.05, 4.69) is 49.7 Å². The second kappa shape index (κ2) is 11.8. The molecule has 0 amide bonds. The summed E-state index contributed by atoms with van der Waals surface area (Å²) in [6.45, 7) is 3.93. The van der Waals surface area contributed by atoms with Crippen LogP contribution in [-0.2, 0) is 28.1 Å². The summed E-state index contributed by atoms with van der Waals surface area (Å²) in [5.41, 5.74) is 5.10. The van der Waals surface area contributed by atoms with Crippen molar-refractivity contribution in [1.82, 2.24) is 4.90 Å². The fourth-order valence-electron chi connectivity index (χ4n) is 2.66. The second-order valence-electron chi connectivity index (χ2n) is 5.95. The smallest absolute Gasteiger partial charge is 0.116 e. The van der Waals surface area contributed by atoms with Crippen LogP contribution in [0.3, 0.4) is 0 Å². The Morgan fingerprint density at radius 1 is 1.00 bits per heavy atom. The number of likely N-dealkylation sites (N-methyl/N-ethyl adjacent to an activating group) is 1. The summed E-state index contributed by atoms with van der Waals surface area (Å²) < 4.78 is 0. The Morgan fingerprint density at radius 2 is 1.54 bits per heavy atom. The number of nitrogens with zero attached hydrogens (tertiary/aromatic N) is 1. The van der Waals surface area contributed by atoms with Crippen LogP contribution in [0, 0.1) is 20.3 Å². The number of aromatic hydroxyl groups is 1. The van der Waals surface area contributed by atoms with E-state index in [-0.39, 0.29) is 46.5 Å². The van der Waals surface area contributed by atoms with Crippen LogP contribution in [0.4, 0.5) is 0 Å². The monoisotopic (exact) mass is 402 g/mol. The van der Waals surface area contributed by atoms with Gasteiger partial charge in [-0.1, -0.05) is 18.6 Å². The average Bonchev–Trinajstić information content (AvgIpc) is 2.81. The molecule has 0 fully saturated rings. The minimum atomic E-state index is 0. The van der Waals surface area contributed by atoms with Crippen molar-refractivity contribution in [2.24, 2.45) is 0 Å². The van der Waals surface area contributed by atoms with Gasteiger partial charge in [0.1, 0.15) is 5.75 Å². The maximum atomic E-state index is 8.99. The molecule has 1 aliphatic carbocycles. The van der Waals surface area contributed by atoms with Crippen molar-refractivity contribution < 1.29 is 26.8 Å². The number of aryl methyl sites for hydroxylation is 2. The van der Waals surface area contributed by atoms with Crippen LogP contribution in [0.5, 0.6) is 5.75 Å².